The van der Waals surface area contributed by atoms with E-state index in [0.717, 1.165) is 18.5 Å². The van der Waals surface area contributed by atoms with Gasteiger partial charge in [0.15, 0.2) is 0 Å². The molecule has 2 nitrogen and oxygen atoms in total. The van der Waals surface area contributed by atoms with Gasteiger partial charge in [0, 0.05) is 17.1 Å². The number of aromatic amines is 1. The summed E-state index contributed by atoms with van der Waals surface area (Å²) in [5, 5.41) is 0. The fourth-order valence-corrected chi connectivity index (χ4v) is 3.05. The monoisotopic (exact) mass is 256 g/mol. The number of aliphatic imine (C=N–C) groups is 1. The van der Waals surface area contributed by atoms with Crippen LogP contribution in [0, 0.1) is 13.8 Å². The first-order chi connectivity index (χ1) is 8.99. The highest BCUT2D eigenvalue weighted by Gasteiger charge is 2.17. The van der Waals surface area contributed by atoms with Crippen molar-refractivity contribution < 1.29 is 0 Å². The van der Waals surface area contributed by atoms with E-state index in [9.17, 15) is 0 Å². The zero-order valence-corrected chi connectivity index (χ0v) is 12.9. The summed E-state index contributed by atoms with van der Waals surface area (Å²) in [4.78, 5) is 8.20. The predicted octanol–water partition coefficient (Wildman–Crippen LogP) is 4.74. The number of hydrogen-bond acceptors (Lipinski definition) is 1. The van der Waals surface area contributed by atoms with Crippen molar-refractivity contribution >= 4 is 11.8 Å². The molecular formula is C17H24N2. The lowest BCUT2D eigenvalue weighted by atomic mass is 10.0. The lowest BCUT2D eigenvalue weighted by Gasteiger charge is -2.00. The largest absolute Gasteiger partial charge is 0.359 e. The van der Waals surface area contributed by atoms with Crippen LogP contribution in [0.15, 0.2) is 21.8 Å². The summed E-state index contributed by atoms with van der Waals surface area (Å²) in [7, 11) is 0. The van der Waals surface area contributed by atoms with Crippen LogP contribution in [0.1, 0.15) is 56.6 Å². The van der Waals surface area contributed by atoms with Crippen molar-refractivity contribution in [2.45, 2.75) is 54.4 Å². The van der Waals surface area contributed by atoms with Crippen molar-refractivity contribution in [1.29, 1.82) is 0 Å². The van der Waals surface area contributed by atoms with Crippen molar-refractivity contribution in [2.24, 2.45) is 4.99 Å². The van der Waals surface area contributed by atoms with E-state index >= 15 is 0 Å². The molecule has 102 valence electrons. The van der Waals surface area contributed by atoms with Crippen molar-refractivity contribution in [2.75, 3.05) is 0 Å². The maximum atomic E-state index is 4.71. The fourth-order valence-electron chi connectivity index (χ4n) is 3.05. The number of nitrogens with zero attached hydrogens (tertiary/aromatic N) is 1. The molecule has 0 radical (unpaired) electrons. The number of nitrogens with one attached hydrogen (secondary N) is 1. The van der Waals surface area contributed by atoms with Crippen LogP contribution < -0.4 is 0 Å². The smallest absolute Gasteiger partial charge is 0.0686 e. The molecule has 0 spiro atoms. The summed E-state index contributed by atoms with van der Waals surface area (Å²) in [6, 6.07) is 0. The van der Waals surface area contributed by atoms with Crippen LogP contribution in [0.25, 0.3) is 6.08 Å². The molecule has 1 N–H and O–H groups in total. The zero-order valence-electron chi connectivity index (χ0n) is 12.9. The van der Waals surface area contributed by atoms with E-state index < -0.39 is 0 Å². The molecule has 1 aliphatic rings. The third-order valence-electron chi connectivity index (χ3n) is 4.18. The summed E-state index contributed by atoms with van der Waals surface area (Å²) in [5.41, 5.74) is 10.3. The molecule has 0 aromatic carbocycles. The molecule has 0 unspecified atom stereocenters. The van der Waals surface area contributed by atoms with Crippen LogP contribution in [-0.2, 0) is 6.42 Å². The molecule has 0 fully saturated rings. The van der Waals surface area contributed by atoms with Gasteiger partial charge in [-0.1, -0.05) is 13.8 Å². The minimum atomic E-state index is 1.06. The normalized spacial score (nSPS) is 17.6. The number of aromatic nitrogens is 1. The Balaban J connectivity index is 2.47. The molecule has 0 amide bonds. The molecule has 0 bridgehead atoms. The molecular weight excluding hydrogens is 232 g/mol. The van der Waals surface area contributed by atoms with Gasteiger partial charge in [-0.3, -0.25) is 4.99 Å². The third kappa shape index (κ3) is 2.32. The van der Waals surface area contributed by atoms with Crippen LogP contribution in [0.2, 0.25) is 0 Å². The molecule has 1 aliphatic heterocycles. The van der Waals surface area contributed by atoms with Crippen LogP contribution >= 0.6 is 0 Å². The summed E-state index contributed by atoms with van der Waals surface area (Å²) in [5.74, 6) is 0. The Morgan fingerprint density at radius 1 is 1.05 bits per heavy atom. The first-order valence-corrected chi connectivity index (χ1v) is 7.15. The zero-order chi connectivity index (χ0) is 14.2. The number of H-pyrrole nitrogens is 1. The van der Waals surface area contributed by atoms with Gasteiger partial charge in [-0.25, -0.2) is 0 Å². The molecule has 0 saturated carbocycles. The molecule has 0 atom stereocenters. The molecule has 0 saturated heterocycles. The van der Waals surface area contributed by atoms with Crippen molar-refractivity contribution in [3.63, 3.8) is 0 Å². The Hall–Kier alpha value is -1.57. The average molecular weight is 256 g/mol. The minimum absolute atomic E-state index is 1.06. The molecule has 1 aromatic heterocycles. The Morgan fingerprint density at radius 2 is 1.74 bits per heavy atom. The van der Waals surface area contributed by atoms with E-state index in [1.54, 1.807) is 0 Å². The lowest BCUT2D eigenvalue weighted by molar-refractivity contribution is 1.08. The summed E-state index contributed by atoms with van der Waals surface area (Å²) in [6.07, 6.45) is 4.33. The van der Waals surface area contributed by atoms with E-state index in [1.165, 1.54) is 39.4 Å². The minimum Gasteiger partial charge on any atom is -0.359 e. The van der Waals surface area contributed by atoms with E-state index in [1.807, 2.05) is 0 Å². The van der Waals surface area contributed by atoms with Crippen molar-refractivity contribution in [1.82, 2.24) is 4.98 Å². The molecule has 1 aromatic rings. The second-order valence-electron chi connectivity index (χ2n) is 5.30. The second kappa shape index (κ2) is 5.20. The van der Waals surface area contributed by atoms with E-state index in [2.05, 4.69) is 52.6 Å². The molecule has 19 heavy (non-hydrogen) atoms. The third-order valence-corrected chi connectivity index (χ3v) is 4.18. The van der Waals surface area contributed by atoms with Gasteiger partial charge in [-0.15, -0.1) is 0 Å². The standard InChI is InChI=1S/C17H24N2/c1-7-14-10(3)16(18-12(14)5)9-17-11(4)15(8-2)13(6)19-17/h9,18H,7-8H2,1-6H3/b17-9+. The van der Waals surface area contributed by atoms with Crippen LogP contribution in [0.3, 0.4) is 0 Å². The molecule has 0 aliphatic carbocycles. The topological polar surface area (TPSA) is 28.1 Å². The summed E-state index contributed by atoms with van der Waals surface area (Å²) < 4.78 is 0. The fraction of sp³-hybridized carbons (Fsp3) is 0.471. The van der Waals surface area contributed by atoms with E-state index in [-0.39, 0.29) is 0 Å². The highest BCUT2D eigenvalue weighted by molar-refractivity contribution is 6.03. The van der Waals surface area contributed by atoms with Gasteiger partial charge < -0.3 is 4.98 Å². The van der Waals surface area contributed by atoms with Gasteiger partial charge >= 0.3 is 0 Å². The number of rotatable bonds is 3. The van der Waals surface area contributed by atoms with Gasteiger partial charge in [0.25, 0.3) is 0 Å². The summed E-state index contributed by atoms with van der Waals surface area (Å²) >= 11 is 0. The van der Waals surface area contributed by atoms with Crippen molar-refractivity contribution in [3.05, 3.63) is 39.4 Å². The average Bonchev–Trinajstić information content (AvgIpc) is 2.78. The van der Waals surface area contributed by atoms with Gasteiger partial charge in [0.2, 0.25) is 0 Å². The highest BCUT2D eigenvalue weighted by Crippen LogP contribution is 2.30. The maximum absolute atomic E-state index is 4.71. The number of hydrogen-bond donors (Lipinski definition) is 1. The number of allylic oxidation sites excluding steroid dienone is 2. The van der Waals surface area contributed by atoms with E-state index in [4.69, 9.17) is 4.99 Å². The first kappa shape index (κ1) is 13.9. The van der Waals surface area contributed by atoms with Crippen LogP contribution in [0.4, 0.5) is 0 Å². The van der Waals surface area contributed by atoms with Gasteiger partial charge in [0.05, 0.1) is 5.70 Å². The molecule has 2 heterocycles. The highest BCUT2D eigenvalue weighted by atomic mass is 14.8. The lowest BCUT2D eigenvalue weighted by Crippen LogP contribution is -1.91. The Bertz CT molecular complexity index is 595. The Morgan fingerprint density at radius 3 is 2.21 bits per heavy atom. The van der Waals surface area contributed by atoms with Crippen LogP contribution in [-0.4, -0.2) is 10.7 Å². The maximum Gasteiger partial charge on any atom is 0.0686 e. The Kier molecular flexibility index (Phi) is 3.79. The van der Waals surface area contributed by atoms with Gasteiger partial charge in [0.1, 0.15) is 0 Å². The van der Waals surface area contributed by atoms with E-state index in [0.29, 0.717) is 0 Å². The number of aryl methyl sites for hydroxylation is 1. The molecule has 2 rings (SSSR count). The predicted molar refractivity (Wildman–Crippen MR) is 83.7 cm³/mol. The second-order valence-corrected chi connectivity index (χ2v) is 5.30. The van der Waals surface area contributed by atoms with Gasteiger partial charge in [-0.05, 0) is 68.9 Å². The van der Waals surface area contributed by atoms with Gasteiger partial charge in [-0.2, -0.15) is 0 Å². The van der Waals surface area contributed by atoms with Crippen molar-refractivity contribution in [3.8, 4) is 0 Å². The van der Waals surface area contributed by atoms with Crippen LogP contribution in [0.5, 0.6) is 0 Å². The Labute approximate surface area is 116 Å². The quantitative estimate of drug-likeness (QED) is 0.809. The first-order valence-electron chi connectivity index (χ1n) is 7.15. The molecule has 2 heteroatoms. The SMILES string of the molecule is CCC1=C(C)/C(=C\c2[nH]c(C)c(CC)c2C)N=C1C. The summed E-state index contributed by atoms with van der Waals surface area (Å²) in [6.45, 7) is 13.0.